The summed E-state index contributed by atoms with van der Waals surface area (Å²) in [5.74, 6) is -2.26. The van der Waals surface area contributed by atoms with E-state index in [0.29, 0.717) is 5.56 Å². The minimum atomic E-state index is -3.75. The number of alkyl halides is 2. The number of halogens is 3. The number of rotatable bonds is 5. The summed E-state index contributed by atoms with van der Waals surface area (Å²) in [5.41, 5.74) is 0.573. The molecule has 6 nitrogen and oxygen atoms in total. The lowest BCUT2D eigenvalue weighted by molar-refractivity contribution is -0.286. The van der Waals surface area contributed by atoms with Crippen LogP contribution in [-0.4, -0.2) is 24.8 Å². The number of ether oxygens (including phenoxy) is 3. The number of anilines is 1. The molecule has 2 aromatic carbocycles. The molecule has 0 aliphatic carbocycles. The highest BCUT2D eigenvalue weighted by Gasteiger charge is 2.43. The van der Waals surface area contributed by atoms with Crippen molar-refractivity contribution < 1.29 is 37.0 Å². The Bertz CT molecular complexity index is 856. The molecule has 0 unspecified atom stereocenters. The summed E-state index contributed by atoms with van der Waals surface area (Å²) in [5, 5.41) is 2.37. The molecule has 1 aliphatic heterocycles. The predicted octanol–water partition coefficient (Wildman–Crippen LogP) is 2.87. The predicted molar refractivity (Wildman–Crippen MR) is 82.3 cm³/mol. The summed E-state index contributed by atoms with van der Waals surface area (Å²) in [6, 6.07) is 9.12. The molecule has 0 saturated heterocycles. The van der Waals surface area contributed by atoms with Crippen LogP contribution in [0.15, 0.2) is 42.5 Å². The Labute approximate surface area is 145 Å². The second kappa shape index (κ2) is 6.95. The van der Waals surface area contributed by atoms with Gasteiger partial charge >= 0.3 is 12.3 Å². The van der Waals surface area contributed by atoms with Crippen LogP contribution in [0.4, 0.5) is 18.9 Å². The second-order valence-electron chi connectivity index (χ2n) is 5.34. The van der Waals surface area contributed by atoms with Gasteiger partial charge in [0.05, 0.1) is 6.42 Å². The molecule has 0 fully saturated rings. The minimum absolute atomic E-state index is 0.158. The number of nitrogens with one attached hydrogen (secondary N) is 1. The lowest BCUT2D eigenvalue weighted by atomic mass is 10.1. The van der Waals surface area contributed by atoms with E-state index in [4.69, 9.17) is 4.74 Å². The molecule has 0 aromatic heterocycles. The van der Waals surface area contributed by atoms with Crippen molar-refractivity contribution in [3.63, 3.8) is 0 Å². The van der Waals surface area contributed by atoms with E-state index < -0.39 is 30.6 Å². The Kier molecular flexibility index (Phi) is 4.70. The SMILES string of the molecule is O=C(COC(=O)Cc1cccc(F)c1)Nc1ccc2c(c1)OC(F)(F)O2. The average Bonchev–Trinajstić information content (AvgIpc) is 2.86. The first-order valence-electron chi connectivity index (χ1n) is 7.40. The summed E-state index contributed by atoms with van der Waals surface area (Å²) >= 11 is 0. The van der Waals surface area contributed by atoms with Crippen molar-refractivity contribution in [2.45, 2.75) is 12.7 Å². The molecule has 0 saturated carbocycles. The number of fused-ring (bicyclic) bond motifs is 1. The van der Waals surface area contributed by atoms with Crippen LogP contribution in [0, 0.1) is 5.82 Å². The first kappa shape index (κ1) is 17.6. The van der Waals surface area contributed by atoms with Gasteiger partial charge in [-0.05, 0) is 29.8 Å². The fraction of sp³-hybridized carbons (Fsp3) is 0.176. The van der Waals surface area contributed by atoms with E-state index in [1.807, 2.05) is 0 Å². The van der Waals surface area contributed by atoms with Crippen LogP contribution in [0.2, 0.25) is 0 Å². The van der Waals surface area contributed by atoms with Gasteiger partial charge in [-0.25, -0.2) is 4.39 Å². The van der Waals surface area contributed by atoms with Crippen LogP contribution < -0.4 is 14.8 Å². The van der Waals surface area contributed by atoms with Gasteiger partial charge < -0.3 is 19.5 Å². The highest BCUT2D eigenvalue weighted by Crippen LogP contribution is 2.42. The number of hydrogen-bond donors (Lipinski definition) is 1. The number of benzene rings is 2. The normalized spacial score (nSPS) is 14.0. The molecule has 2 aromatic rings. The van der Waals surface area contributed by atoms with Gasteiger partial charge in [-0.15, -0.1) is 8.78 Å². The minimum Gasteiger partial charge on any atom is -0.455 e. The molecule has 1 N–H and O–H groups in total. The monoisotopic (exact) mass is 367 g/mol. The summed E-state index contributed by atoms with van der Waals surface area (Å²) in [6.45, 7) is -0.585. The highest BCUT2D eigenvalue weighted by atomic mass is 19.3. The van der Waals surface area contributed by atoms with Crippen LogP contribution in [0.5, 0.6) is 11.5 Å². The number of carbonyl (C=O) groups excluding carboxylic acids is 2. The standard InChI is InChI=1S/C17H12F3NO5/c18-11-3-1-2-10(6-11)7-16(23)24-9-15(22)21-12-4-5-13-14(8-12)26-17(19,20)25-13/h1-6,8H,7,9H2,(H,21,22). The van der Waals surface area contributed by atoms with Gasteiger partial charge in [-0.2, -0.15) is 0 Å². The van der Waals surface area contributed by atoms with E-state index in [1.54, 1.807) is 6.07 Å². The highest BCUT2D eigenvalue weighted by molar-refractivity contribution is 5.93. The van der Waals surface area contributed by atoms with Gasteiger partial charge in [0.25, 0.3) is 5.91 Å². The van der Waals surface area contributed by atoms with Gasteiger partial charge in [0.1, 0.15) is 5.82 Å². The van der Waals surface area contributed by atoms with Gasteiger partial charge in [0, 0.05) is 11.8 Å². The molecule has 0 bridgehead atoms. The molecular weight excluding hydrogens is 355 g/mol. The Morgan fingerprint density at radius 1 is 1.08 bits per heavy atom. The third-order valence-corrected chi connectivity index (χ3v) is 3.29. The van der Waals surface area contributed by atoms with Gasteiger partial charge in [0.2, 0.25) is 0 Å². The van der Waals surface area contributed by atoms with Crippen molar-refractivity contribution in [1.82, 2.24) is 0 Å². The first-order chi connectivity index (χ1) is 12.3. The zero-order valence-corrected chi connectivity index (χ0v) is 13.1. The molecule has 0 atom stereocenters. The maximum absolute atomic E-state index is 13.0. The number of amides is 1. The fourth-order valence-corrected chi connectivity index (χ4v) is 2.23. The van der Waals surface area contributed by atoms with Gasteiger partial charge in [-0.1, -0.05) is 12.1 Å². The van der Waals surface area contributed by atoms with Crippen molar-refractivity contribution in [3.05, 3.63) is 53.8 Å². The van der Waals surface area contributed by atoms with E-state index in [1.165, 1.54) is 30.3 Å². The summed E-state index contributed by atoms with van der Waals surface area (Å²) < 4.78 is 52.2. The van der Waals surface area contributed by atoms with Crippen LogP contribution in [-0.2, 0) is 20.7 Å². The molecule has 3 rings (SSSR count). The smallest absolute Gasteiger partial charge is 0.455 e. The van der Waals surface area contributed by atoms with Crippen molar-refractivity contribution in [2.75, 3.05) is 11.9 Å². The van der Waals surface area contributed by atoms with E-state index in [9.17, 15) is 22.8 Å². The fourth-order valence-electron chi connectivity index (χ4n) is 2.23. The van der Waals surface area contributed by atoms with Gasteiger partial charge in [0.15, 0.2) is 18.1 Å². The Morgan fingerprint density at radius 3 is 2.62 bits per heavy atom. The zero-order chi connectivity index (χ0) is 18.7. The van der Waals surface area contributed by atoms with Crippen LogP contribution in [0.3, 0.4) is 0 Å². The van der Waals surface area contributed by atoms with Crippen LogP contribution in [0.25, 0.3) is 0 Å². The van der Waals surface area contributed by atoms with E-state index in [2.05, 4.69) is 14.8 Å². The third-order valence-electron chi connectivity index (χ3n) is 3.29. The lowest BCUT2D eigenvalue weighted by Gasteiger charge is -2.07. The zero-order valence-electron chi connectivity index (χ0n) is 13.1. The molecular formula is C17H12F3NO5. The molecule has 1 heterocycles. The molecule has 136 valence electrons. The Balaban J connectivity index is 1.50. The molecule has 26 heavy (non-hydrogen) atoms. The van der Waals surface area contributed by atoms with E-state index >= 15 is 0 Å². The van der Waals surface area contributed by atoms with Crippen molar-refractivity contribution in [3.8, 4) is 11.5 Å². The summed E-state index contributed by atoms with van der Waals surface area (Å²) in [4.78, 5) is 23.4. The van der Waals surface area contributed by atoms with Crippen LogP contribution >= 0.6 is 0 Å². The maximum atomic E-state index is 13.0. The molecule has 1 aliphatic rings. The van der Waals surface area contributed by atoms with Crippen molar-refractivity contribution in [1.29, 1.82) is 0 Å². The topological polar surface area (TPSA) is 73.9 Å². The van der Waals surface area contributed by atoms with Crippen LogP contribution in [0.1, 0.15) is 5.56 Å². The largest absolute Gasteiger partial charge is 0.586 e. The van der Waals surface area contributed by atoms with E-state index in [-0.39, 0.29) is 23.6 Å². The maximum Gasteiger partial charge on any atom is 0.586 e. The first-order valence-corrected chi connectivity index (χ1v) is 7.40. The number of hydrogen-bond acceptors (Lipinski definition) is 5. The van der Waals surface area contributed by atoms with Crippen molar-refractivity contribution >= 4 is 17.6 Å². The Hall–Kier alpha value is -3.23. The second-order valence-corrected chi connectivity index (χ2v) is 5.34. The molecule has 9 heteroatoms. The molecule has 1 amide bonds. The summed E-state index contributed by atoms with van der Waals surface area (Å²) in [7, 11) is 0. The van der Waals surface area contributed by atoms with E-state index in [0.717, 1.165) is 6.07 Å². The average molecular weight is 367 g/mol. The summed E-state index contributed by atoms with van der Waals surface area (Å²) in [6.07, 6.45) is -3.94. The number of carbonyl (C=O) groups is 2. The Morgan fingerprint density at radius 2 is 1.85 bits per heavy atom. The number of esters is 1. The van der Waals surface area contributed by atoms with Crippen molar-refractivity contribution in [2.24, 2.45) is 0 Å². The lowest BCUT2D eigenvalue weighted by Crippen LogP contribution is -2.25. The van der Waals surface area contributed by atoms with Gasteiger partial charge in [-0.3, -0.25) is 9.59 Å². The molecule has 0 spiro atoms. The quantitative estimate of drug-likeness (QED) is 0.823. The third kappa shape index (κ3) is 4.44. The molecule has 0 radical (unpaired) electrons.